The highest BCUT2D eigenvalue weighted by Gasteiger charge is 2.49. The van der Waals surface area contributed by atoms with Gasteiger partial charge in [0.15, 0.2) is 6.04 Å². The summed E-state index contributed by atoms with van der Waals surface area (Å²) >= 11 is 0. The van der Waals surface area contributed by atoms with Crippen molar-refractivity contribution < 1.29 is 14.4 Å². The normalized spacial score (nSPS) is 23.8. The molecule has 3 aromatic carbocycles. The van der Waals surface area contributed by atoms with E-state index < -0.39 is 18.0 Å². The molecule has 1 aliphatic heterocycles. The Morgan fingerprint density at radius 1 is 0.846 bits per heavy atom. The molecular weight excluding hydrogens is 490 g/mol. The largest absolute Gasteiger partial charge is 0.378 e. The van der Waals surface area contributed by atoms with E-state index in [1.165, 1.54) is 6.42 Å². The molecule has 2 fully saturated rings. The number of nitrogens with zero attached hydrogens (tertiary/aromatic N) is 3. The van der Waals surface area contributed by atoms with Crippen LogP contribution in [-0.2, 0) is 9.59 Å². The maximum Gasteiger partial charge on any atom is 0.320 e. The Morgan fingerprint density at radius 3 is 2.28 bits per heavy atom. The second kappa shape index (κ2) is 10.1. The smallest absolute Gasteiger partial charge is 0.320 e. The first-order valence-corrected chi connectivity index (χ1v) is 13.6. The van der Waals surface area contributed by atoms with Crippen molar-refractivity contribution in [1.82, 2.24) is 5.32 Å². The summed E-state index contributed by atoms with van der Waals surface area (Å²) in [7, 11) is 3.84. The number of benzene rings is 3. The summed E-state index contributed by atoms with van der Waals surface area (Å²) in [5, 5.41) is 5.56. The second-order valence-corrected chi connectivity index (χ2v) is 10.9. The van der Waals surface area contributed by atoms with Gasteiger partial charge in [-0.1, -0.05) is 42.8 Å². The topological polar surface area (TPSA) is 85.0 Å². The number of nitrogens with one attached hydrogen (secondary N) is 2. The van der Waals surface area contributed by atoms with Crippen molar-refractivity contribution in [1.29, 1.82) is 0 Å². The van der Waals surface area contributed by atoms with Gasteiger partial charge in [-0.2, -0.15) is 0 Å². The predicted octanol–water partition coefficient (Wildman–Crippen LogP) is 5.14. The molecule has 3 aliphatic rings. The van der Waals surface area contributed by atoms with Crippen LogP contribution in [0.25, 0.3) is 0 Å². The van der Waals surface area contributed by atoms with Crippen LogP contribution in [-0.4, -0.2) is 44.0 Å². The van der Waals surface area contributed by atoms with E-state index in [0.717, 1.165) is 24.9 Å². The molecule has 1 heterocycles. The fourth-order valence-corrected chi connectivity index (χ4v) is 6.46. The number of anilines is 5. The fraction of sp³-hybridized carbons (Fsp3) is 0.323. The minimum Gasteiger partial charge on any atom is -0.378 e. The molecule has 0 saturated heterocycles. The Hall–Kier alpha value is -4.33. The third kappa shape index (κ3) is 4.60. The van der Waals surface area contributed by atoms with Crippen LogP contribution in [0, 0.1) is 11.8 Å². The van der Waals surface area contributed by atoms with Crippen molar-refractivity contribution in [2.45, 2.75) is 37.8 Å². The van der Waals surface area contributed by atoms with Gasteiger partial charge in [0.25, 0.3) is 11.8 Å². The van der Waals surface area contributed by atoms with Gasteiger partial charge in [0, 0.05) is 37.2 Å². The molecular formula is C31H33N5O3. The lowest BCUT2D eigenvalue weighted by atomic mass is 9.93. The lowest BCUT2D eigenvalue weighted by Crippen LogP contribution is -2.58. The van der Waals surface area contributed by atoms with E-state index in [-0.39, 0.29) is 11.9 Å². The van der Waals surface area contributed by atoms with Crippen LogP contribution in [0.15, 0.2) is 78.9 Å². The zero-order chi connectivity index (χ0) is 27.1. The van der Waals surface area contributed by atoms with Crippen molar-refractivity contribution in [3.63, 3.8) is 0 Å². The standard InChI is InChI=1S/C31H33N5O3/c1-34(2)24-12-8-9-22(19-24)32-31(39)33-28-29(37)35(23-10-4-3-5-11-23)25-13-6-7-14-26(25)36(30(28)38)27-18-20-15-16-21(27)17-20/h3-14,19-21,27-28H,15-18H2,1-2H3,(H2,32,33,39)/t20-,21+,27?,28?/m1/s1. The maximum absolute atomic E-state index is 14.3. The van der Waals surface area contributed by atoms with Gasteiger partial charge in [0.1, 0.15) is 0 Å². The van der Waals surface area contributed by atoms with Gasteiger partial charge in [0.2, 0.25) is 0 Å². The average Bonchev–Trinajstić information content (AvgIpc) is 3.55. The SMILES string of the molecule is CN(C)c1cccc(NC(=O)NC2C(=O)N(c3ccccc3)c3ccccc3N(C3C[C@@H]4CC[C@H]3C4)C2=O)c1. The van der Waals surface area contributed by atoms with Gasteiger partial charge in [-0.05, 0) is 73.6 Å². The molecule has 200 valence electrons. The third-order valence-electron chi connectivity index (χ3n) is 8.28. The van der Waals surface area contributed by atoms with Crippen molar-refractivity contribution >= 4 is 46.3 Å². The molecule has 8 nitrogen and oxygen atoms in total. The van der Waals surface area contributed by atoms with Crippen LogP contribution >= 0.6 is 0 Å². The van der Waals surface area contributed by atoms with Crippen molar-refractivity contribution in [3.05, 3.63) is 78.9 Å². The molecule has 0 spiro atoms. The lowest BCUT2D eigenvalue weighted by molar-refractivity contribution is -0.128. The third-order valence-corrected chi connectivity index (χ3v) is 8.28. The van der Waals surface area contributed by atoms with E-state index in [9.17, 15) is 14.4 Å². The molecule has 2 bridgehead atoms. The van der Waals surface area contributed by atoms with Crippen molar-refractivity contribution in [2.24, 2.45) is 11.8 Å². The van der Waals surface area contributed by atoms with Gasteiger partial charge in [0.05, 0.1) is 11.4 Å². The van der Waals surface area contributed by atoms with Crippen LogP contribution < -0.4 is 25.3 Å². The molecule has 0 aromatic heterocycles. The van der Waals surface area contributed by atoms with Gasteiger partial charge in [-0.15, -0.1) is 0 Å². The van der Waals surface area contributed by atoms with Crippen LogP contribution in [0.3, 0.4) is 0 Å². The van der Waals surface area contributed by atoms with Gasteiger partial charge < -0.3 is 20.4 Å². The van der Waals surface area contributed by atoms with E-state index in [1.54, 1.807) is 11.0 Å². The van der Waals surface area contributed by atoms with E-state index in [2.05, 4.69) is 10.6 Å². The fourth-order valence-electron chi connectivity index (χ4n) is 6.46. The summed E-state index contributed by atoms with van der Waals surface area (Å²) in [6.45, 7) is 0. The van der Waals surface area contributed by atoms with Crippen molar-refractivity contribution in [3.8, 4) is 0 Å². The second-order valence-electron chi connectivity index (χ2n) is 10.9. The molecule has 2 unspecified atom stereocenters. The van der Waals surface area contributed by atoms with Gasteiger partial charge in [-0.3, -0.25) is 14.5 Å². The number of urea groups is 1. The Morgan fingerprint density at radius 2 is 1.59 bits per heavy atom. The summed E-state index contributed by atoms with van der Waals surface area (Å²) < 4.78 is 0. The summed E-state index contributed by atoms with van der Waals surface area (Å²) in [4.78, 5) is 47.1. The number of rotatable bonds is 5. The summed E-state index contributed by atoms with van der Waals surface area (Å²) in [5.74, 6) is 0.124. The molecule has 3 aromatic rings. The summed E-state index contributed by atoms with van der Waals surface area (Å²) in [5.41, 5.74) is 3.49. The highest BCUT2D eigenvalue weighted by atomic mass is 16.2. The number of carbonyl (C=O) groups excluding carboxylic acids is 3. The highest BCUT2D eigenvalue weighted by molar-refractivity contribution is 6.24. The number of fused-ring (bicyclic) bond motifs is 3. The highest BCUT2D eigenvalue weighted by Crippen LogP contribution is 2.50. The zero-order valence-electron chi connectivity index (χ0n) is 22.2. The first-order valence-electron chi connectivity index (χ1n) is 13.6. The van der Waals surface area contributed by atoms with Crippen LogP contribution in [0.4, 0.5) is 33.2 Å². The Bertz CT molecular complexity index is 1410. The molecule has 8 heteroatoms. The number of amides is 4. The van der Waals surface area contributed by atoms with Gasteiger partial charge >= 0.3 is 6.03 Å². The zero-order valence-corrected chi connectivity index (χ0v) is 22.2. The summed E-state index contributed by atoms with van der Waals surface area (Å²) in [6.07, 6.45) is 4.29. The lowest BCUT2D eigenvalue weighted by Gasteiger charge is -2.35. The minimum absolute atomic E-state index is 0.00468. The first-order chi connectivity index (χ1) is 18.9. The first kappa shape index (κ1) is 25.0. The molecule has 2 N–H and O–H groups in total. The van der Waals surface area contributed by atoms with Crippen LogP contribution in [0.2, 0.25) is 0 Å². The number of hydrogen-bond acceptors (Lipinski definition) is 4. The number of carbonyl (C=O) groups is 3. The molecule has 4 atom stereocenters. The number of hydrogen-bond donors (Lipinski definition) is 2. The predicted molar refractivity (Wildman–Crippen MR) is 153 cm³/mol. The van der Waals surface area contributed by atoms with E-state index in [0.29, 0.717) is 34.6 Å². The molecule has 39 heavy (non-hydrogen) atoms. The Labute approximate surface area is 228 Å². The van der Waals surface area contributed by atoms with E-state index in [1.807, 2.05) is 96.7 Å². The Balaban J connectivity index is 1.38. The minimum atomic E-state index is -1.38. The number of para-hydroxylation sites is 3. The molecule has 2 aliphatic carbocycles. The van der Waals surface area contributed by atoms with Crippen LogP contribution in [0.5, 0.6) is 0 Å². The molecule has 6 rings (SSSR count). The Kier molecular flexibility index (Phi) is 6.46. The van der Waals surface area contributed by atoms with Gasteiger partial charge in [-0.25, -0.2) is 4.79 Å². The van der Waals surface area contributed by atoms with E-state index in [4.69, 9.17) is 0 Å². The van der Waals surface area contributed by atoms with Crippen LogP contribution in [0.1, 0.15) is 25.7 Å². The van der Waals surface area contributed by atoms with E-state index >= 15 is 0 Å². The molecule has 2 saturated carbocycles. The quantitative estimate of drug-likeness (QED) is 0.454. The average molecular weight is 524 g/mol. The maximum atomic E-state index is 14.3. The molecule has 0 radical (unpaired) electrons. The summed E-state index contributed by atoms with van der Waals surface area (Å²) in [6, 6.07) is 22.3. The monoisotopic (exact) mass is 523 g/mol. The van der Waals surface area contributed by atoms with Crippen molar-refractivity contribution in [2.75, 3.05) is 34.1 Å². The molecule has 4 amide bonds.